The van der Waals surface area contributed by atoms with Crippen LogP contribution >= 0.6 is 15.9 Å². The molecule has 0 N–H and O–H groups in total. The van der Waals surface area contributed by atoms with Crippen molar-refractivity contribution < 1.29 is 27.1 Å². The van der Waals surface area contributed by atoms with Crippen molar-refractivity contribution in [2.24, 2.45) is 5.92 Å². The molecular formula is C25H27BrN2O6S. The maximum absolute atomic E-state index is 13.5. The summed E-state index contributed by atoms with van der Waals surface area (Å²) < 4.78 is 45.2. The molecule has 10 heteroatoms. The first kappa shape index (κ1) is 25.3. The van der Waals surface area contributed by atoms with E-state index in [0.717, 1.165) is 10.0 Å². The Bertz CT molecular complexity index is 1260. The van der Waals surface area contributed by atoms with Gasteiger partial charge in [-0.2, -0.15) is 4.31 Å². The van der Waals surface area contributed by atoms with Gasteiger partial charge in [0.1, 0.15) is 5.76 Å². The van der Waals surface area contributed by atoms with Crippen molar-refractivity contribution in [1.82, 2.24) is 9.21 Å². The first-order valence-electron chi connectivity index (χ1n) is 11.2. The lowest BCUT2D eigenvalue weighted by molar-refractivity contribution is -0.133. The summed E-state index contributed by atoms with van der Waals surface area (Å²) in [5.41, 5.74) is 0.834. The summed E-state index contributed by atoms with van der Waals surface area (Å²) >= 11 is 3.33. The predicted molar refractivity (Wildman–Crippen MR) is 133 cm³/mol. The van der Waals surface area contributed by atoms with Gasteiger partial charge in [-0.15, -0.1) is 0 Å². The van der Waals surface area contributed by atoms with Crippen LogP contribution in [-0.2, 0) is 27.9 Å². The van der Waals surface area contributed by atoms with Gasteiger partial charge in [-0.05, 0) is 60.0 Å². The summed E-state index contributed by atoms with van der Waals surface area (Å²) in [6.45, 7) is 4.37. The second kappa shape index (κ2) is 10.8. The first-order chi connectivity index (χ1) is 16.7. The van der Waals surface area contributed by atoms with Gasteiger partial charge in [0.15, 0.2) is 11.5 Å². The third-order valence-corrected chi connectivity index (χ3v) is 7.78. The molecule has 0 saturated heterocycles. The number of hydrogen-bond donors (Lipinski definition) is 0. The van der Waals surface area contributed by atoms with Crippen LogP contribution in [0.4, 0.5) is 0 Å². The lowest BCUT2D eigenvalue weighted by atomic mass is 10.2. The normalized spacial score (nSPS) is 12.9. The standard InChI is InChI=1S/C25H27BrN2O6S/c1-18(2)13-28(35(30,31)22-8-6-20(26)7-9-22)16-25(29)27(15-21-4-3-11-32-21)14-19-5-10-23-24(12-19)34-17-33-23/h3-12,18H,13-17H2,1-2H3. The molecule has 0 unspecified atom stereocenters. The highest BCUT2D eigenvalue weighted by Gasteiger charge is 2.29. The van der Waals surface area contributed by atoms with Crippen molar-refractivity contribution in [2.45, 2.75) is 31.8 Å². The van der Waals surface area contributed by atoms with E-state index >= 15 is 0 Å². The van der Waals surface area contributed by atoms with E-state index in [-0.39, 0.29) is 49.7 Å². The topological polar surface area (TPSA) is 89.3 Å². The van der Waals surface area contributed by atoms with E-state index in [4.69, 9.17) is 13.9 Å². The lowest BCUT2D eigenvalue weighted by Gasteiger charge is -2.28. The molecule has 0 radical (unpaired) electrons. The van der Waals surface area contributed by atoms with Crippen LogP contribution in [0.25, 0.3) is 0 Å². The van der Waals surface area contributed by atoms with E-state index in [1.165, 1.54) is 16.4 Å². The number of nitrogens with zero attached hydrogens (tertiary/aromatic N) is 2. The average Bonchev–Trinajstić information content (AvgIpc) is 3.49. The first-order valence-corrected chi connectivity index (χ1v) is 13.4. The van der Waals surface area contributed by atoms with Crippen LogP contribution in [0.3, 0.4) is 0 Å². The van der Waals surface area contributed by atoms with Gasteiger partial charge in [-0.1, -0.05) is 35.8 Å². The molecule has 1 aliphatic rings. The molecule has 8 nitrogen and oxygen atoms in total. The van der Waals surface area contributed by atoms with E-state index in [1.54, 1.807) is 41.5 Å². The van der Waals surface area contributed by atoms with Crippen molar-refractivity contribution in [3.05, 3.63) is 76.7 Å². The maximum Gasteiger partial charge on any atom is 0.243 e. The quantitative estimate of drug-likeness (QED) is 0.357. The van der Waals surface area contributed by atoms with E-state index in [1.807, 2.05) is 26.0 Å². The largest absolute Gasteiger partial charge is 0.467 e. The highest BCUT2D eigenvalue weighted by atomic mass is 79.9. The third-order valence-electron chi connectivity index (χ3n) is 5.42. The predicted octanol–water partition coefficient (Wildman–Crippen LogP) is 4.65. The molecule has 3 aromatic rings. The summed E-state index contributed by atoms with van der Waals surface area (Å²) in [6, 6.07) is 15.4. The van der Waals surface area contributed by atoms with Gasteiger partial charge in [0.05, 0.1) is 24.2 Å². The van der Waals surface area contributed by atoms with Gasteiger partial charge in [-0.25, -0.2) is 8.42 Å². The summed E-state index contributed by atoms with van der Waals surface area (Å²) in [6.07, 6.45) is 1.54. The molecular weight excluding hydrogens is 536 g/mol. The Morgan fingerprint density at radius 3 is 2.46 bits per heavy atom. The third kappa shape index (κ3) is 6.25. The SMILES string of the molecule is CC(C)CN(CC(=O)N(Cc1ccc2c(c1)OCO2)Cc1ccco1)S(=O)(=O)c1ccc(Br)cc1. The Morgan fingerprint density at radius 1 is 1.03 bits per heavy atom. The van der Waals surface area contributed by atoms with Crippen LogP contribution in [0.5, 0.6) is 11.5 Å². The van der Waals surface area contributed by atoms with Gasteiger partial charge in [0.25, 0.3) is 0 Å². The number of ether oxygens (including phenoxy) is 2. The van der Waals surface area contributed by atoms with Gasteiger partial charge < -0.3 is 18.8 Å². The molecule has 35 heavy (non-hydrogen) atoms. The Hall–Kier alpha value is -2.82. The number of rotatable bonds is 10. The van der Waals surface area contributed by atoms with Crippen LogP contribution in [0.1, 0.15) is 25.2 Å². The molecule has 2 aromatic carbocycles. The zero-order valence-corrected chi connectivity index (χ0v) is 21.9. The molecule has 1 amide bonds. The maximum atomic E-state index is 13.5. The monoisotopic (exact) mass is 562 g/mol. The van der Waals surface area contributed by atoms with Crippen molar-refractivity contribution in [3.63, 3.8) is 0 Å². The molecule has 186 valence electrons. The number of carbonyl (C=O) groups excluding carboxylic acids is 1. The Balaban J connectivity index is 1.59. The summed E-state index contributed by atoms with van der Waals surface area (Å²) in [5.74, 6) is 1.57. The van der Waals surface area contributed by atoms with Crippen LogP contribution in [-0.4, -0.2) is 43.4 Å². The molecule has 0 atom stereocenters. The zero-order chi connectivity index (χ0) is 25.0. The number of sulfonamides is 1. The molecule has 2 heterocycles. The number of fused-ring (bicyclic) bond motifs is 1. The van der Waals surface area contributed by atoms with Crippen LogP contribution in [0, 0.1) is 5.92 Å². The number of furan rings is 1. The fourth-order valence-corrected chi connectivity index (χ4v) is 5.56. The molecule has 0 bridgehead atoms. The van der Waals surface area contributed by atoms with Gasteiger partial charge in [-0.3, -0.25) is 4.79 Å². The minimum Gasteiger partial charge on any atom is -0.467 e. The molecule has 4 rings (SSSR count). The molecule has 0 fully saturated rings. The van der Waals surface area contributed by atoms with Gasteiger partial charge in [0, 0.05) is 17.6 Å². The second-order valence-electron chi connectivity index (χ2n) is 8.66. The van der Waals surface area contributed by atoms with Crippen LogP contribution in [0.15, 0.2) is 74.6 Å². The summed E-state index contributed by atoms with van der Waals surface area (Å²) in [4.78, 5) is 15.3. The fraction of sp³-hybridized carbons (Fsp3) is 0.320. The van der Waals surface area contributed by atoms with E-state index in [2.05, 4.69) is 15.9 Å². The number of benzene rings is 2. The highest BCUT2D eigenvalue weighted by molar-refractivity contribution is 9.10. The second-order valence-corrected chi connectivity index (χ2v) is 11.5. The van der Waals surface area contributed by atoms with Gasteiger partial charge >= 0.3 is 0 Å². The Morgan fingerprint density at radius 2 is 1.77 bits per heavy atom. The zero-order valence-electron chi connectivity index (χ0n) is 19.5. The van der Waals surface area contributed by atoms with Crippen molar-refractivity contribution in [3.8, 4) is 11.5 Å². The summed E-state index contributed by atoms with van der Waals surface area (Å²) in [7, 11) is -3.88. The number of hydrogen-bond acceptors (Lipinski definition) is 6. The molecule has 0 spiro atoms. The average molecular weight is 563 g/mol. The smallest absolute Gasteiger partial charge is 0.243 e. The van der Waals surface area contributed by atoms with Gasteiger partial charge in [0.2, 0.25) is 22.7 Å². The van der Waals surface area contributed by atoms with Crippen LogP contribution in [0.2, 0.25) is 0 Å². The van der Waals surface area contributed by atoms with E-state index < -0.39 is 10.0 Å². The van der Waals surface area contributed by atoms with Crippen molar-refractivity contribution in [1.29, 1.82) is 0 Å². The van der Waals surface area contributed by atoms with E-state index in [9.17, 15) is 13.2 Å². The van der Waals surface area contributed by atoms with Crippen molar-refractivity contribution >= 4 is 31.9 Å². The summed E-state index contributed by atoms with van der Waals surface area (Å²) in [5, 5.41) is 0. The number of amides is 1. The minimum absolute atomic E-state index is 0.0282. The highest BCUT2D eigenvalue weighted by Crippen LogP contribution is 2.33. The lowest BCUT2D eigenvalue weighted by Crippen LogP contribution is -2.43. The molecule has 0 saturated carbocycles. The van der Waals surface area contributed by atoms with Crippen molar-refractivity contribution in [2.75, 3.05) is 19.9 Å². The van der Waals surface area contributed by atoms with E-state index in [0.29, 0.717) is 17.3 Å². The Labute approximate surface area is 213 Å². The fourth-order valence-electron chi connectivity index (χ4n) is 3.74. The molecule has 0 aliphatic carbocycles. The molecule has 1 aliphatic heterocycles. The Kier molecular flexibility index (Phi) is 7.83. The minimum atomic E-state index is -3.88. The number of carbonyl (C=O) groups is 1. The molecule has 1 aromatic heterocycles. The van der Waals surface area contributed by atoms with Crippen LogP contribution < -0.4 is 9.47 Å². The number of halogens is 1.